The van der Waals surface area contributed by atoms with Crippen molar-refractivity contribution < 1.29 is 4.84 Å². The summed E-state index contributed by atoms with van der Waals surface area (Å²) in [5.41, 5.74) is 0. The summed E-state index contributed by atoms with van der Waals surface area (Å²) in [7, 11) is 0. The summed E-state index contributed by atoms with van der Waals surface area (Å²) in [5, 5.41) is 11.2. The van der Waals surface area contributed by atoms with E-state index in [0.29, 0.717) is 6.04 Å². The van der Waals surface area contributed by atoms with Crippen LogP contribution in [0.1, 0.15) is 38.5 Å². The number of nitrogens with zero attached hydrogens (tertiary/aromatic N) is 2. The van der Waals surface area contributed by atoms with Crippen LogP contribution in [0.15, 0.2) is 0 Å². The van der Waals surface area contributed by atoms with Gasteiger partial charge < -0.3 is 0 Å². The highest BCUT2D eigenvalue weighted by molar-refractivity contribution is 4.93. The largest absolute Gasteiger partial charge is 0.299 e. The van der Waals surface area contributed by atoms with Gasteiger partial charge in [-0.05, 0) is 19.3 Å². The number of hydroxylamine groups is 2. The molecule has 0 N–H and O–H groups in total. The van der Waals surface area contributed by atoms with E-state index in [-0.39, 0.29) is 5.92 Å². The summed E-state index contributed by atoms with van der Waals surface area (Å²) in [6.45, 7) is 1.86. The zero-order chi connectivity index (χ0) is 9.80. The normalized spacial score (nSPS) is 35.1. The van der Waals surface area contributed by atoms with Gasteiger partial charge in [0.1, 0.15) is 0 Å². The first-order valence-electron chi connectivity index (χ1n) is 5.71. The maximum atomic E-state index is 9.11. The van der Waals surface area contributed by atoms with Crippen molar-refractivity contribution in [2.24, 2.45) is 5.92 Å². The maximum absolute atomic E-state index is 9.11. The first-order chi connectivity index (χ1) is 6.92. The van der Waals surface area contributed by atoms with Gasteiger partial charge in [0.05, 0.1) is 24.6 Å². The second-order valence-corrected chi connectivity index (χ2v) is 4.27. The van der Waals surface area contributed by atoms with Crippen molar-refractivity contribution in [3.63, 3.8) is 0 Å². The van der Waals surface area contributed by atoms with Crippen molar-refractivity contribution in [3.05, 3.63) is 0 Å². The van der Waals surface area contributed by atoms with Crippen LogP contribution in [0, 0.1) is 17.2 Å². The predicted octanol–water partition coefficient (Wildman–Crippen LogP) is 2.10. The number of nitriles is 1. The average Bonchev–Trinajstić information content (AvgIpc) is 2.63. The van der Waals surface area contributed by atoms with Crippen LogP contribution < -0.4 is 0 Å². The van der Waals surface area contributed by atoms with Crippen LogP contribution in [-0.4, -0.2) is 24.3 Å². The molecular formula is C11H18N2O. The Bertz CT molecular complexity index is 218. The molecule has 1 saturated carbocycles. The second kappa shape index (κ2) is 4.77. The van der Waals surface area contributed by atoms with Gasteiger partial charge >= 0.3 is 0 Å². The van der Waals surface area contributed by atoms with Crippen molar-refractivity contribution in [1.82, 2.24) is 5.06 Å². The van der Waals surface area contributed by atoms with Crippen LogP contribution in [0.4, 0.5) is 0 Å². The third-order valence-electron chi connectivity index (χ3n) is 3.30. The Labute approximate surface area is 85.6 Å². The lowest BCUT2D eigenvalue weighted by Gasteiger charge is -2.27. The summed E-state index contributed by atoms with van der Waals surface area (Å²) >= 11 is 0. The standard InChI is InChI=1S/C11H18N2O/c12-9-10-5-2-1-3-6-11(10)13-7-4-8-14-13/h10-11H,1-8H2. The summed E-state index contributed by atoms with van der Waals surface area (Å²) < 4.78 is 0. The van der Waals surface area contributed by atoms with E-state index in [1.807, 2.05) is 0 Å². The Morgan fingerprint density at radius 2 is 2.00 bits per heavy atom. The van der Waals surface area contributed by atoms with E-state index in [1.54, 1.807) is 0 Å². The SMILES string of the molecule is N#CC1CCCCCC1N1CCCO1. The Morgan fingerprint density at radius 3 is 2.71 bits per heavy atom. The lowest BCUT2D eigenvalue weighted by Crippen LogP contribution is -2.36. The number of rotatable bonds is 1. The van der Waals surface area contributed by atoms with Crippen molar-refractivity contribution in [3.8, 4) is 6.07 Å². The fourth-order valence-electron chi connectivity index (χ4n) is 2.51. The molecule has 0 bridgehead atoms. The highest BCUT2D eigenvalue weighted by atomic mass is 16.7. The average molecular weight is 194 g/mol. The highest BCUT2D eigenvalue weighted by Crippen LogP contribution is 2.28. The number of hydrogen-bond acceptors (Lipinski definition) is 3. The molecular weight excluding hydrogens is 176 g/mol. The lowest BCUT2D eigenvalue weighted by atomic mass is 9.96. The highest BCUT2D eigenvalue weighted by Gasteiger charge is 2.31. The van der Waals surface area contributed by atoms with Gasteiger partial charge in [0.2, 0.25) is 0 Å². The van der Waals surface area contributed by atoms with Gasteiger partial charge in [-0.15, -0.1) is 0 Å². The molecule has 1 heterocycles. The fourth-order valence-corrected chi connectivity index (χ4v) is 2.51. The van der Waals surface area contributed by atoms with E-state index in [2.05, 4.69) is 11.1 Å². The Kier molecular flexibility index (Phi) is 3.39. The molecule has 0 aromatic rings. The molecule has 1 aliphatic heterocycles. The van der Waals surface area contributed by atoms with Crippen molar-refractivity contribution in [2.75, 3.05) is 13.2 Å². The molecule has 0 spiro atoms. The zero-order valence-corrected chi connectivity index (χ0v) is 8.61. The molecule has 1 aliphatic carbocycles. The lowest BCUT2D eigenvalue weighted by molar-refractivity contribution is -0.150. The molecule has 3 heteroatoms. The molecule has 0 amide bonds. The molecule has 0 aromatic heterocycles. The molecule has 1 saturated heterocycles. The molecule has 2 atom stereocenters. The monoisotopic (exact) mass is 194 g/mol. The molecule has 2 rings (SSSR count). The van der Waals surface area contributed by atoms with Crippen LogP contribution in [0.3, 0.4) is 0 Å². The molecule has 78 valence electrons. The van der Waals surface area contributed by atoms with Crippen LogP contribution in [0.5, 0.6) is 0 Å². The summed E-state index contributed by atoms with van der Waals surface area (Å²) in [4.78, 5) is 5.56. The Balaban J connectivity index is 2.00. The van der Waals surface area contributed by atoms with E-state index in [9.17, 15) is 0 Å². The molecule has 14 heavy (non-hydrogen) atoms. The van der Waals surface area contributed by atoms with Crippen LogP contribution in [0.25, 0.3) is 0 Å². The summed E-state index contributed by atoms with van der Waals surface area (Å²) in [5.74, 6) is 0.190. The quantitative estimate of drug-likeness (QED) is 0.600. The van der Waals surface area contributed by atoms with Gasteiger partial charge in [0, 0.05) is 6.54 Å². The van der Waals surface area contributed by atoms with E-state index in [0.717, 1.165) is 32.4 Å². The fraction of sp³-hybridized carbons (Fsp3) is 0.909. The smallest absolute Gasteiger partial charge is 0.0698 e. The minimum Gasteiger partial charge on any atom is -0.299 e. The second-order valence-electron chi connectivity index (χ2n) is 4.27. The van der Waals surface area contributed by atoms with E-state index in [1.165, 1.54) is 19.3 Å². The van der Waals surface area contributed by atoms with E-state index >= 15 is 0 Å². The zero-order valence-electron chi connectivity index (χ0n) is 8.61. The number of hydrogen-bond donors (Lipinski definition) is 0. The van der Waals surface area contributed by atoms with Crippen LogP contribution >= 0.6 is 0 Å². The molecule has 2 aliphatic rings. The maximum Gasteiger partial charge on any atom is 0.0698 e. The van der Waals surface area contributed by atoms with Gasteiger partial charge in [-0.3, -0.25) is 4.84 Å². The summed E-state index contributed by atoms with van der Waals surface area (Å²) in [6, 6.07) is 2.81. The topological polar surface area (TPSA) is 36.3 Å². The van der Waals surface area contributed by atoms with Crippen LogP contribution in [-0.2, 0) is 4.84 Å². The first-order valence-corrected chi connectivity index (χ1v) is 5.71. The van der Waals surface area contributed by atoms with Gasteiger partial charge in [-0.25, -0.2) is 0 Å². The van der Waals surface area contributed by atoms with Crippen LogP contribution in [0.2, 0.25) is 0 Å². The Morgan fingerprint density at radius 1 is 1.14 bits per heavy atom. The molecule has 3 nitrogen and oxygen atoms in total. The minimum absolute atomic E-state index is 0.190. The molecule has 0 radical (unpaired) electrons. The van der Waals surface area contributed by atoms with Crippen molar-refractivity contribution in [2.45, 2.75) is 44.6 Å². The first kappa shape index (κ1) is 9.95. The van der Waals surface area contributed by atoms with E-state index in [4.69, 9.17) is 10.1 Å². The van der Waals surface area contributed by atoms with Gasteiger partial charge in [-0.1, -0.05) is 19.3 Å². The predicted molar refractivity (Wildman–Crippen MR) is 53.3 cm³/mol. The van der Waals surface area contributed by atoms with Gasteiger partial charge in [0.15, 0.2) is 0 Å². The third kappa shape index (κ3) is 2.08. The van der Waals surface area contributed by atoms with Gasteiger partial charge in [-0.2, -0.15) is 10.3 Å². The minimum atomic E-state index is 0.190. The van der Waals surface area contributed by atoms with Gasteiger partial charge in [0.25, 0.3) is 0 Å². The Hall–Kier alpha value is -0.590. The third-order valence-corrected chi connectivity index (χ3v) is 3.30. The van der Waals surface area contributed by atoms with Crippen molar-refractivity contribution >= 4 is 0 Å². The van der Waals surface area contributed by atoms with E-state index < -0.39 is 0 Å². The van der Waals surface area contributed by atoms with Crippen molar-refractivity contribution in [1.29, 1.82) is 5.26 Å². The molecule has 2 fully saturated rings. The molecule has 0 aromatic carbocycles. The molecule has 2 unspecified atom stereocenters. The summed E-state index contributed by atoms with van der Waals surface area (Å²) in [6.07, 6.45) is 7.06.